The van der Waals surface area contributed by atoms with Gasteiger partial charge in [-0.2, -0.15) is 9.49 Å². The molecule has 0 radical (unpaired) electrons. The zero-order valence-corrected chi connectivity index (χ0v) is 6.68. The third kappa shape index (κ3) is 1.24. The summed E-state index contributed by atoms with van der Waals surface area (Å²) in [6.45, 7) is 0. The molecule has 13 heavy (non-hydrogen) atoms. The number of halogens is 1. The van der Waals surface area contributed by atoms with Gasteiger partial charge in [-0.25, -0.2) is 4.68 Å². The molecule has 0 aromatic carbocycles. The number of nitrogens with two attached hydrogens (primary N) is 1. The van der Waals surface area contributed by atoms with E-state index >= 15 is 0 Å². The smallest absolute Gasteiger partial charge is 0.239 e. The van der Waals surface area contributed by atoms with Gasteiger partial charge in [-0.05, 0) is 12.1 Å². The fourth-order valence-electron chi connectivity index (χ4n) is 1.01. The lowest BCUT2D eigenvalue weighted by Gasteiger charge is -1.99. The highest BCUT2D eigenvalue weighted by atomic mass is 19.1. The minimum atomic E-state index is -0.562. The van der Waals surface area contributed by atoms with Gasteiger partial charge in [-0.1, -0.05) is 0 Å². The summed E-state index contributed by atoms with van der Waals surface area (Å²) in [7, 11) is 0. The Morgan fingerprint density at radius 2 is 2.23 bits per heavy atom. The molecule has 2 aromatic rings. The number of anilines is 1. The van der Waals surface area contributed by atoms with Crippen LogP contribution in [0.25, 0.3) is 5.69 Å². The summed E-state index contributed by atoms with van der Waals surface area (Å²) in [6.07, 6.45) is 4.38. The minimum Gasteiger partial charge on any atom is -0.394 e. The van der Waals surface area contributed by atoms with Gasteiger partial charge < -0.3 is 5.73 Å². The van der Waals surface area contributed by atoms with E-state index in [1.807, 2.05) is 0 Å². The van der Waals surface area contributed by atoms with Crippen LogP contribution >= 0.6 is 0 Å². The molecule has 0 aliphatic carbocycles. The number of hydrogen-bond donors (Lipinski definition) is 1. The van der Waals surface area contributed by atoms with E-state index in [0.717, 1.165) is 4.68 Å². The average molecular weight is 178 g/mol. The highest BCUT2D eigenvalue weighted by molar-refractivity contribution is 5.38. The maximum Gasteiger partial charge on any atom is 0.239 e. The average Bonchev–Trinajstić information content (AvgIpc) is 2.49. The SMILES string of the molecule is Nc1cnn(-c2cccnc2)c1F. The fourth-order valence-corrected chi connectivity index (χ4v) is 1.01. The van der Waals surface area contributed by atoms with Crippen molar-refractivity contribution in [1.82, 2.24) is 14.8 Å². The van der Waals surface area contributed by atoms with Crippen molar-refractivity contribution < 1.29 is 4.39 Å². The maximum atomic E-state index is 13.2. The Labute approximate surface area is 73.8 Å². The predicted molar refractivity (Wildman–Crippen MR) is 45.7 cm³/mol. The summed E-state index contributed by atoms with van der Waals surface area (Å²) < 4.78 is 14.3. The van der Waals surface area contributed by atoms with Crippen molar-refractivity contribution in [2.45, 2.75) is 0 Å². The fraction of sp³-hybridized carbons (Fsp3) is 0. The molecular weight excluding hydrogens is 171 g/mol. The van der Waals surface area contributed by atoms with Gasteiger partial charge in [-0.3, -0.25) is 4.98 Å². The molecule has 2 N–H and O–H groups in total. The first-order chi connectivity index (χ1) is 6.29. The first-order valence-corrected chi connectivity index (χ1v) is 3.68. The van der Waals surface area contributed by atoms with Crippen molar-refractivity contribution in [3.8, 4) is 5.69 Å². The lowest BCUT2D eigenvalue weighted by Crippen LogP contribution is -2.00. The Morgan fingerprint density at radius 3 is 2.77 bits per heavy atom. The van der Waals surface area contributed by atoms with Gasteiger partial charge in [0.05, 0.1) is 18.1 Å². The van der Waals surface area contributed by atoms with Gasteiger partial charge in [0.15, 0.2) is 0 Å². The molecule has 5 heteroatoms. The summed E-state index contributed by atoms with van der Waals surface area (Å²) >= 11 is 0. The summed E-state index contributed by atoms with van der Waals surface area (Å²) in [6, 6.07) is 3.40. The van der Waals surface area contributed by atoms with Crippen LogP contribution in [0.3, 0.4) is 0 Å². The maximum absolute atomic E-state index is 13.2. The van der Waals surface area contributed by atoms with Crippen LogP contribution in [-0.2, 0) is 0 Å². The van der Waals surface area contributed by atoms with E-state index in [0.29, 0.717) is 5.69 Å². The standard InChI is InChI=1S/C8H7FN4/c9-8-7(10)5-12-13(8)6-2-1-3-11-4-6/h1-5H,10H2. The second-order valence-electron chi connectivity index (χ2n) is 2.51. The molecule has 0 atom stereocenters. The normalized spacial score (nSPS) is 10.2. The second kappa shape index (κ2) is 2.85. The van der Waals surface area contributed by atoms with Crippen LogP contribution in [0.4, 0.5) is 10.1 Å². The third-order valence-electron chi connectivity index (χ3n) is 1.63. The molecular formula is C8H7FN4. The van der Waals surface area contributed by atoms with Crippen molar-refractivity contribution in [3.63, 3.8) is 0 Å². The molecule has 0 saturated carbocycles. The van der Waals surface area contributed by atoms with Crippen LogP contribution in [0, 0.1) is 5.95 Å². The van der Waals surface area contributed by atoms with Crippen molar-refractivity contribution in [2.24, 2.45) is 0 Å². The van der Waals surface area contributed by atoms with Crippen LogP contribution in [0.2, 0.25) is 0 Å². The summed E-state index contributed by atoms with van der Waals surface area (Å²) in [5.74, 6) is -0.562. The number of aromatic nitrogens is 3. The summed E-state index contributed by atoms with van der Waals surface area (Å²) in [4.78, 5) is 3.84. The van der Waals surface area contributed by atoms with Crippen molar-refractivity contribution in [1.29, 1.82) is 0 Å². The first kappa shape index (κ1) is 7.72. The highest BCUT2D eigenvalue weighted by Crippen LogP contribution is 2.12. The van der Waals surface area contributed by atoms with Gasteiger partial charge in [0.2, 0.25) is 5.95 Å². The highest BCUT2D eigenvalue weighted by Gasteiger charge is 2.07. The summed E-state index contributed by atoms with van der Waals surface area (Å²) in [5, 5.41) is 3.76. The Hall–Kier alpha value is -1.91. The van der Waals surface area contributed by atoms with Gasteiger partial charge >= 0.3 is 0 Å². The number of pyridine rings is 1. The monoisotopic (exact) mass is 178 g/mol. The van der Waals surface area contributed by atoms with Crippen LogP contribution in [0.1, 0.15) is 0 Å². The third-order valence-corrected chi connectivity index (χ3v) is 1.63. The molecule has 0 saturated heterocycles. The van der Waals surface area contributed by atoms with E-state index in [4.69, 9.17) is 5.73 Å². The van der Waals surface area contributed by atoms with E-state index in [1.54, 1.807) is 18.3 Å². The zero-order chi connectivity index (χ0) is 9.26. The molecule has 2 heterocycles. The molecule has 66 valence electrons. The van der Waals surface area contributed by atoms with Crippen LogP contribution in [-0.4, -0.2) is 14.8 Å². The molecule has 4 nitrogen and oxygen atoms in total. The van der Waals surface area contributed by atoms with Crippen LogP contribution in [0.15, 0.2) is 30.7 Å². The largest absolute Gasteiger partial charge is 0.394 e. The number of rotatable bonds is 1. The second-order valence-corrected chi connectivity index (χ2v) is 2.51. The number of nitrogen functional groups attached to an aromatic ring is 1. The van der Waals surface area contributed by atoms with Crippen molar-refractivity contribution in [2.75, 3.05) is 5.73 Å². The molecule has 0 unspecified atom stereocenters. The predicted octanol–water partition coefficient (Wildman–Crippen LogP) is 0.989. The van der Waals surface area contributed by atoms with Crippen molar-refractivity contribution in [3.05, 3.63) is 36.7 Å². The number of hydrogen-bond acceptors (Lipinski definition) is 3. The molecule has 2 rings (SSSR count). The Balaban J connectivity index is 2.53. The van der Waals surface area contributed by atoms with Gasteiger partial charge in [0.25, 0.3) is 0 Å². The van der Waals surface area contributed by atoms with Crippen LogP contribution < -0.4 is 5.73 Å². The van der Waals surface area contributed by atoms with E-state index in [2.05, 4.69) is 10.1 Å². The quantitative estimate of drug-likeness (QED) is 0.708. The molecule has 2 aromatic heterocycles. The van der Waals surface area contributed by atoms with E-state index in [9.17, 15) is 4.39 Å². The molecule has 0 bridgehead atoms. The van der Waals surface area contributed by atoms with Crippen LogP contribution in [0.5, 0.6) is 0 Å². The van der Waals surface area contributed by atoms with Gasteiger partial charge in [0, 0.05) is 6.20 Å². The van der Waals surface area contributed by atoms with Crippen molar-refractivity contribution >= 4 is 5.69 Å². The van der Waals surface area contributed by atoms with E-state index in [-0.39, 0.29) is 5.69 Å². The molecule has 0 fully saturated rings. The Bertz CT molecular complexity index is 409. The zero-order valence-electron chi connectivity index (χ0n) is 6.68. The Morgan fingerprint density at radius 1 is 1.38 bits per heavy atom. The summed E-state index contributed by atoms with van der Waals surface area (Å²) in [5.41, 5.74) is 5.88. The lowest BCUT2D eigenvalue weighted by molar-refractivity contribution is 0.539. The first-order valence-electron chi connectivity index (χ1n) is 3.68. The topological polar surface area (TPSA) is 56.7 Å². The lowest BCUT2D eigenvalue weighted by atomic mass is 10.4. The number of nitrogens with zero attached hydrogens (tertiary/aromatic N) is 3. The molecule has 0 spiro atoms. The molecule has 0 aliphatic heterocycles. The molecule has 0 amide bonds. The van der Waals surface area contributed by atoms with Gasteiger partial charge in [0.1, 0.15) is 5.69 Å². The van der Waals surface area contributed by atoms with E-state index in [1.165, 1.54) is 12.4 Å². The minimum absolute atomic E-state index is 0.0313. The Kier molecular flexibility index (Phi) is 1.70. The van der Waals surface area contributed by atoms with E-state index < -0.39 is 5.95 Å². The molecule has 0 aliphatic rings. The van der Waals surface area contributed by atoms with Gasteiger partial charge in [-0.15, -0.1) is 0 Å².